The minimum absolute atomic E-state index is 0.0423. The van der Waals surface area contributed by atoms with Crippen molar-refractivity contribution < 1.29 is 9.53 Å². The summed E-state index contributed by atoms with van der Waals surface area (Å²) in [5, 5.41) is 0. The Morgan fingerprint density at radius 2 is 1.81 bits per heavy atom. The maximum Gasteiger partial charge on any atom is 0.254 e. The molecule has 108 valence electrons. The Bertz CT molecular complexity index is 612. The minimum Gasteiger partial charge on any atom is -0.370 e. The van der Waals surface area contributed by atoms with E-state index in [1.54, 1.807) is 0 Å². The van der Waals surface area contributed by atoms with Gasteiger partial charge in [0.05, 0.1) is 13.2 Å². The van der Waals surface area contributed by atoms with Crippen molar-refractivity contribution in [2.24, 2.45) is 0 Å². The molecule has 0 spiro atoms. The van der Waals surface area contributed by atoms with Crippen molar-refractivity contribution in [2.75, 3.05) is 19.7 Å². The molecule has 1 aliphatic rings. The van der Waals surface area contributed by atoms with Gasteiger partial charge in [-0.05, 0) is 29.8 Å². The molecule has 2 aromatic carbocycles. The van der Waals surface area contributed by atoms with Crippen molar-refractivity contribution in [3.8, 4) is 0 Å². The molecule has 3 nitrogen and oxygen atoms in total. The van der Waals surface area contributed by atoms with Gasteiger partial charge in [-0.3, -0.25) is 4.79 Å². The van der Waals surface area contributed by atoms with E-state index in [2.05, 4.69) is 15.9 Å². The van der Waals surface area contributed by atoms with Crippen molar-refractivity contribution in [3.05, 3.63) is 70.2 Å². The Morgan fingerprint density at radius 1 is 1.10 bits per heavy atom. The molecule has 0 radical (unpaired) electrons. The Labute approximate surface area is 132 Å². The maximum absolute atomic E-state index is 12.5. The predicted octanol–water partition coefficient (Wildman–Crippen LogP) is 3.66. The molecule has 1 atom stereocenters. The van der Waals surface area contributed by atoms with Gasteiger partial charge in [-0.1, -0.05) is 46.3 Å². The first-order chi connectivity index (χ1) is 10.2. The van der Waals surface area contributed by atoms with Crippen LogP contribution in [0, 0.1) is 0 Å². The number of benzene rings is 2. The standard InChI is InChI=1S/C17H16BrNO2/c18-15-8-6-14(7-9-15)17(20)19-10-11-21-16(12-19)13-4-2-1-3-5-13/h1-9,16H,10-12H2/t16-/m1/s1. The molecule has 3 rings (SSSR count). The summed E-state index contributed by atoms with van der Waals surface area (Å²) in [6.07, 6.45) is -0.0423. The number of halogens is 1. The van der Waals surface area contributed by atoms with Crippen LogP contribution in [0.25, 0.3) is 0 Å². The second-order valence-electron chi connectivity index (χ2n) is 5.03. The SMILES string of the molecule is O=C(c1ccc(Br)cc1)N1CCO[C@@H](c2ccccc2)C1. The van der Waals surface area contributed by atoms with Crippen LogP contribution in [-0.2, 0) is 4.74 Å². The zero-order valence-electron chi connectivity index (χ0n) is 11.5. The molecule has 0 aliphatic carbocycles. The average molecular weight is 346 g/mol. The van der Waals surface area contributed by atoms with Crippen LogP contribution in [-0.4, -0.2) is 30.5 Å². The molecule has 0 saturated carbocycles. The molecule has 1 saturated heterocycles. The predicted molar refractivity (Wildman–Crippen MR) is 85.2 cm³/mol. The van der Waals surface area contributed by atoms with Crippen LogP contribution in [0.5, 0.6) is 0 Å². The molecule has 0 aromatic heterocycles. The Kier molecular flexibility index (Phi) is 4.36. The zero-order valence-corrected chi connectivity index (χ0v) is 13.1. The number of amides is 1. The van der Waals surface area contributed by atoms with Gasteiger partial charge < -0.3 is 9.64 Å². The highest BCUT2D eigenvalue weighted by Gasteiger charge is 2.25. The third kappa shape index (κ3) is 3.34. The summed E-state index contributed by atoms with van der Waals surface area (Å²) in [5.74, 6) is 0.0618. The van der Waals surface area contributed by atoms with Gasteiger partial charge in [-0.25, -0.2) is 0 Å². The number of morpholine rings is 1. The van der Waals surface area contributed by atoms with Crippen molar-refractivity contribution >= 4 is 21.8 Å². The normalized spacial score (nSPS) is 18.5. The van der Waals surface area contributed by atoms with Gasteiger partial charge in [0.2, 0.25) is 0 Å². The summed E-state index contributed by atoms with van der Waals surface area (Å²) in [5.41, 5.74) is 1.83. The number of rotatable bonds is 2. The lowest BCUT2D eigenvalue weighted by molar-refractivity contribution is -0.0228. The topological polar surface area (TPSA) is 29.5 Å². The van der Waals surface area contributed by atoms with E-state index in [1.165, 1.54) is 0 Å². The molecule has 1 fully saturated rings. The number of nitrogens with zero attached hydrogens (tertiary/aromatic N) is 1. The van der Waals surface area contributed by atoms with Crippen LogP contribution in [0.2, 0.25) is 0 Å². The lowest BCUT2D eigenvalue weighted by atomic mass is 10.1. The highest BCUT2D eigenvalue weighted by Crippen LogP contribution is 2.23. The van der Waals surface area contributed by atoms with Crippen LogP contribution in [0.3, 0.4) is 0 Å². The van der Waals surface area contributed by atoms with Crippen molar-refractivity contribution in [3.63, 3.8) is 0 Å². The van der Waals surface area contributed by atoms with E-state index in [4.69, 9.17) is 4.74 Å². The van der Waals surface area contributed by atoms with Crippen LogP contribution >= 0.6 is 15.9 Å². The zero-order chi connectivity index (χ0) is 14.7. The summed E-state index contributed by atoms with van der Waals surface area (Å²) >= 11 is 3.39. The first kappa shape index (κ1) is 14.3. The van der Waals surface area contributed by atoms with Gasteiger partial charge in [-0.2, -0.15) is 0 Å². The van der Waals surface area contributed by atoms with Crippen LogP contribution < -0.4 is 0 Å². The molecule has 1 heterocycles. The average Bonchev–Trinajstić information content (AvgIpc) is 2.56. The van der Waals surface area contributed by atoms with E-state index in [0.29, 0.717) is 25.3 Å². The number of ether oxygens (including phenoxy) is 1. The first-order valence-electron chi connectivity index (χ1n) is 6.95. The quantitative estimate of drug-likeness (QED) is 0.831. The van der Waals surface area contributed by atoms with Crippen molar-refractivity contribution in [1.82, 2.24) is 4.90 Å². The fourth-order valence-electron chi connectivity index (χ4n) is 2.48. The lowest BCUT2D eigenvalue weighted by Gasteiger charge is -2.33. The first-order valence-corrected chi connectivity index (χ1v) is 7.75. The number of carbonyl (C=O) groups is 1. The highest BCUT2D eigenvalue weighted by molar-refractivity contribution is 9.10. The minimum atomic E-state index is -0.0423. The number of hydrogen-bond acceptors (Lipinski definition) is 2. The van der Waals surface area contributed by atoms with Gasteiger partial charge in [0.1, 0.15) is 6.10 Å². The smallest absolute Gasteiger partial charge is 0.254 e. The summed E-state index contributed by atoms with van der Waals surface area (Å²) in [6, 6.07) is 17.5. The monoisotopic (exact) mass is 345 g/mol. The molecule has 0 unspecified atom stereocenters. The molecule has 1 aliphatic heterocycles. The Hall–Kier alpha value is -1.65. The molecule has 0 N–H and O–H groups in total. The fourth-order valence-corrected chi connectivity index (χ4v) is 2.74. The van der Waals surface area contributed by atoms with Gasteiger partial charge in [-0.15, -0.1) is 0 Å². The lowest BCUT2D eigenvalue weighted by Crippen LogP contribution is -2.42. The van der Waals surface area contributed by atoms with E-state index >= 15 is 0 Å². The Morgan fingerprint density at radius 3 is 2.52 bits per heavy atom. The van der Waals surface area contributed by atoms with Crippen LogP contribution in [0.1, 0.15) is 22.0 Å². The Balaban J connectivity index is 1.74. The highest BCUT2D eigenvalue weighted by atomic mass is 79.9. The molecular formula is C17H16BrNO2. The van der Waals surface area contributed by atoms with Gasteiger partial charge in [0, 0.05) is 16.6 Å². The molecule has 4 heteroatoms. The van der Waals surface area contributed by atoms with Gasteiger partial charge in [0.15, 0.2) is 0 Å². The van der Waals surface area contributed by atoms with E-state index in [1.807, 2.05) is 59.5 Å². The summed E-state index contributed by atoms with van der Waals surface area (Å²) in [7, 11) is 0. The molecule has 1 amide bonds. The third-order valence-electron chi connectivity index (χ3n) is 3.62. The second-order valence-corrected chi connectivity index (χ2v) is 5.94. The number of carbonyl (C=O) groups excluding carboxylic acids is 1. The van der Waals surface area contributed by atoms with E-state index in [-0.39, 0.29) is 12.0 Å². The molecule has 0 bridgehead atoms. The summed E-state index contributed by atoms with van der Waals surface area (Å²) < 4.78 is 6.77. The van der Waals surface area contributed by atoms with Crippen LogP contribution in [0.4, 0.5) is 0 Å². The van der Waals surface area contributed by atoms with E-state index < -0.39 is 0 Å². The van der Waals surface area contributed by atoms with Gasteiger partial charge in [0.25, 0.3) is 5.91 Å². The molecule has 2 aromatic rings. The van der Waals surface area contributed by atoms with Gasteiger partial charge >= 0.3 is 0 Å². The fraction of sp³-hybridized carbons (Fsp3) is 0.235. The maximum atomic E-state index is 12.5. The summed E-state index contributed by atoms with van der Waals surface area (Å²) in [4.78, 5) is 14.4. The summed E-state index contributed by atoms with van der Waals surface area (Å²) in [6.45, 7) is 1.80. The molecule has 21 heavy (non-hydrogen) atoms. The second kappa shape index (κ2) is 6.41. The largest absolute Gasteiger partial charge is 0.370 e. The third-order valence-corrected chi connectivity index (χ3v) is 4.14. The molecular weight excluding hydrogens is 330 g/mol. The van der Waals surface area contributed by atoms with E-state index in [9.17, 15) is 4.79 Å². The van der Waals surface area contributed by atoms with Crippen molar-refractivity contribution in [2.45, 2.75) is 6.10 Å². The van der Waals surface area contributed by atoms with Crippen molar-refractivity contribution in [1.29, 1.82) is 0 Å². The van der Waals surface area contributed by atoms with E-state index in [0.717, 1.165) is 10.0 Å². The number of hydrogen-bond donors (Lipinski definition) is 0. The van der Waals surface area contributed by atoms with Crippen LogP contribution in [0.15, 0.2) is 59.1 Å².